The molecule has 176 valence electrons. The number of fused-ring (bicyclic) bond motifs is 2. The number of benzene rings is 1. The van der Waals surface area contributed by atoms with Gasteiger partial charge in [-0.15, -0.1) is 0 Å². The molecule has 1 fully saturated rings. The van der Waals surface area contributed by atoms with Crippen LogP contribution in [0.15, 0.2) is 42.6 Å². The van der Waals surface area contributed by atoms with Crippen LogP contribution in [0.2, 0.25) is 0 Å². The number of hydrogen-bond donors (Lipinski definition) is 2. The van der Waals surface area contributed by atoms with Crippen molar-refractivity contribution in [1.82, 2.24) is 20.0 Å². The highest BCUT2D eigenvalue weighted by molar-refractivity contribution is 5.92. The number of carbonyl (C=O) groups is 2. The maximum atomic E-state index is 12.7. The Labute approximate surface area is 195 Å². The van der Waals surface area contributed by atoms with Gasteiger partial charge in [-0.25, -0.2) is 0 Å². The lowest BCUT2D eigenvalue weighted by Crippen LogP contribution is -2.52. The van der Waals surface area contributed by atoms with E-state index < -0.39 is 0 Å². The van der Waals surface area contributed by atoms with E-state index in [1.54, 1.807) is 0 Å². The fourth-order valence-electron chi connectivity index (χ4n) is 4.56. The van der Waals surface area contributed by atoms with Crippen molar-refractivity contribution in [2.45, 2.75) is 45.7 Å². The van der Waals surface area contributed by atoms with Crippen molar-refractivity contribution < 1.29 is 14.3 Å². The molecule has 1 aromatic heterocycles. The van der Waals surface area contributed by atoms with E-state index in [2.05, 4.69) is 32.8 Å². The van der Waals surface area contributed by atoms with Crippen molar-refractivity contribution in [2.24, 2.45) is 5.92 Å². The Morgan fingerprint density at radius 2 is 2.15 bits per heavy atom. The van der Waals surface area contributed by atoms with Gasteiger partial charge in [0.25, 0.3) is 5.91 Å². The van der Waals surface area contributed by atoms with Crippen LogP contribution in [0.1, 0.15) is 31.0 Å². The summed E-state index contributed by atoms with van der Waals surface area (Å²) in [6.45, 7) is 6.54. The summed E-state index contributed by atoms with van der Waals surface area (Å²) in [4.78, 5) is 27.4. The van der Waals surface area contributed by atoms with E-state index >= 15 is 0 Å². The van der Waals surface area contributed by atoms with Crippen molar-refractivity contribution in [2.75, 3.05) is 31.6 Å². The van der Waals surface area contributed by atoms with Gasteiger partial charge in [0, 0.05) is 31.9 Å². The zero-order valence-electron chi connectivity index (χ0n) is 19.4. The number of nitrogens with one attached hydrogen (secondary N) is 2. The molecule has 2 N–H and O–H groups in total. The number of allylic oxidation sites excluding steroid dienone is 2. The minimum Gasteiger partial charge on any atom is -0.483 e. The van der Waals surface area contributed by atoms with Crippen LogP contribution in [-0.4, -0.2) is 58.8 Å². The van der Waals surface area contributed by atoms with Gasteiger partial charge in [0.2, 0.25) is 5.91 Å². The number of aryl methyl sites for hydroxylation is 2. The zero-order chi connectivity index (χ0) is 23.2. The van der Waals surface area contributed by atoms with Gasteiger partial charge in [-0.1, -0.05) is 30.4 Å². The number of likely N-dealkylation sites (tertiary alicyclic amines) is 1. The van der Waals surface area contributed by atoms with Crippen molar-refractivity contribution in [3.8, 4) is 5.75 Å². The quantitative estimate of drug-likeness (QED) is 0.698. The van der Waals surface area contributed by atoms with Gasteiger partial charge < -0.3 is 15.4 Å². The summed E-state index contributed by atoms with van der Waals surface area (Å²) in [6, 6.07) is 7.91. The highest BCUT2D eigenvalue weighted by Gasteiger charge is 2.30. The largest absolute Gasteiger partial charge is 0.483 e. The fraction of sp³-hybridized carbons (Fsp3) is 0.480. The average Bonchev–Trinajstić information content (AvgIpc) is 3.15. The third-order valence-corrected chi connectivity index (χ3v) is 6.35. The second-order valence-electron chi connectivity index (χ2n) is 8.80. The minimum atomic E-state index is -0.0982. The monoisotopic (exact) mass is 451 g/mol. The molecule has 33 heavy (non-hydrogen) atoms. The molecule has 3 heterocycles. The summed E-state index contributed by atoms with van der Waals surface area (Å²) >= 11 is 0. The van der Waals surface area contributed by atoms with Gasteiger partial charge in [0.05, 0.1) is 17.9 Å². The highest BCUT2D eigenvalue weighted by Crippen LogP contribution is 2.24. The van der Waals surface area contributed by atoms with Gasteiger partial charge in [-0.2, -0.15) is 5.10 Å². The van der Waals surface area contributed by atoms with E-state index in [1.807, 2.05) is 49.0 Å². The fourth-order valence-corrected chi connectivity index (χ4v) is 4.56. The number of nitrogens with zero attached hydrogens (tertiary/aromatic N) is 3. The average molecular weight is 452 g/mol. The molecule has 2 amide bonds. The molecule has 0 saturated carbocycles. The van der Waals surface area contributed by atoms with Gasteiger partial charge in [0.1, 0.15) is 5.75 Å². The number of ether oxygens (including phenoxy) is 1. The summed E-state index contributed by atoms with van der Waals surface area (Å²) in [7, 11) is 0. The Morgan fingerprint density at radius 3 is 2.97 bits per heavy atom. The summed E-state index contributed by atoms with van der Waals surface area (Å²) in [5, 5.41) is 10.5. The molecular formula is C25H33N5O3. The smallest absolute Gasteiger partial charge is 0.258 e. The molecule has 8 nitrogen and oxygen atoms in total. The maximum Gasteiger partial charge on any atom is 0.258 e. The predicted octanol–water partition coefficient (Wildman–Crippen LogP) is 2.54. The second kappa shape index (κ2) is 10.7. The molecule has 0 bridgehead atoms. The van der Waals surface area contributed by atoms with Gasteiger partial charge >= 0.3 is 0 Å². The van der Waals surface area contributed by atoms with E-state index in [0.29, 0.717) is 6.54 Å². The van der Waals surface area contributed by atoms with E-state index in [1.165, 1.54) is 0 Å². The van der Waals surface area contributed by atoms with Gasteiger partial charge in [-0.05, 0) is 50.7 Å². The molecule has 2 aliphatic rings. The summed E-state index contributed by atoms with van der Waals surface area (Å²) in [5.74, 6) is 0.866. The van der Waals surface area contributed by atoms with Crippen LogP contribution < -0.4 is 15.4 Å². The minimum absolute atomic E-state index is 0.0147. The van der Waals surface area contributed by atoms with Crippen LogP contribution in [0.4, 0.5) is 5.69 Å². The number of hydrogen-bond acceptors (Lipinski definition) is 5. The summed E-state index contributed by atoms with van der Waals surface area (Å²) < 4.78 is 7.60. The first-order valence-corrected chi connectivity index (χ1v) is 11.7. The molecule has 2 aromatic rings. The van der Waals surface area contributed by atoms with E-state index in [-0.39, 0.29) is 30.4 Å². The first-order valence-electron chi connectivity index (χ1n) is 11.7. The predicted molar refractivity (Wildman–Crippen MR) is 127 cm³/mol. The van der Waals surface area contributed by atoms with Gasteiger partial charge in [0.15, 0.2) is 6.61 Å². The molecule has 8 heteroatoms. The lowest BCUT2D eigenvalue weighted by atomic mass is 9.88. The number of anilines is 1. The Hall–Kier alpha value is -3.13. The molecule has 1 aromatic carbocycles. The van der Waals surface area contributed by atoms with Crippen LogP contribution in [0.5, 0.6) is 5.75 Å². The van der Waals surface area contributed by atoms with Crippen LogP contribution in [0.3, 0.4) is 0 Å². The van der Waals surface area contributed by atoms with Crippen LogP contribution >= 0.6 is 0 Å². The SMILES string of the molecule is CCn1cc(NC(=O)CN2CC[C@H]3NC(=O)COc4ccccc4C/C=C/C[C@H]3C2)c(C)n1. The van der Waals surface area contributed by atoms with Crippen LogP contribution in [-0.2, 0) is 22.6 Å². The number of rotatable bonds is 4. The molecule has 1 saturated heterocycles. The van der Waals surface area contributed by atoms with Crippen LogP contribution in [0, 0.1) is 12.8 Å². The first-order chi connectivity index (χ1) is 16.0. The van der Waals surface area contributed by atoms with E-state index in [9.17, 15) is 9.59 Å². The third kappa shape index (κ3) is 6.01. The Balaban J connectivity index is 1.38. The maximum absolute atomic E-state index is 12.7. The zero-order valence-corrected chi connectivity index (χ0v) is 19.4. The number of piperidine rings is 1. The molecule has 0 aliphatic carbocycles. The molecule has 2 atom stereocenters. The lowest BCUT2D eigenvalue weighted by molar-refractivity contribution is -0.125. The molecule has 0 radical (unpaired) electrons. The first kappa shape index (κ1) is 23.0. The Kier molecular flexibility index (Phi) is 7.44. The normalized spacial score (nSPS) is 22.5. The summed E-state index contributed by atoms with van der Waals surface area (Å²) in [6.07, 6.45) is 8.66. The summed E-state index contributed by atoms with van der Waals surface area (Å²) in [5.41, 5.74) is 2.65. The van der Waals surface area contributed by atoms with Crippen molar-refractivity contribution >= 4 is 17.5 Å². The third-order valence-electron chi connectivity index (χ3n) is 6.35. The highest BCUT2D eigenvalue weighted by atomic mass is 16.5. The Bertz CT molecular complexity index is 1020. The molecule has 2 aliphatic heterocycles. The number of amides is 2. The van der Waals surface area contributed by atoms with E-state index in [4.69, 9.17) is 4.74 Å². The molecule has 4 rings (SSSR count). The number of carbonyl (C=O) groups excluding carboxylic acids is 2. The number of para-hydroxylation sites is 1. The Morgan fingerprint density at radius 1 is 1.30 bits per heavy atom. The van der Waals surface area contributed by atoms with Crippen molar-refractivity contribution in [3.05, 3.63) is 53.9 Å². The van der Waals surface area contributed by atoms with E-state index in [0.717, 1.165) is 61.6 Å². The van der Waals surface area contributed by atoms with Crippen molar-refractivity contribution in [1.29, 1.82) is 0 Å². The second-order valence-corrected chi connectivity index (χ2v) is 8.80. The van der Waals surface area contributed by atoms with Crippen LogP contribution in [0.25, 0.3) is 0 Å². The van der Waals surface area contributed by atoms with Gasteiger partial charge in [-0.3, -0.25) is 19.2 Å². The standard InChI is InChI=1S/C25H33N5O3/c1-3-30-15-22(18(2)28-30)27-24(31)16-29-13-12-21-20(14-29)10-5-4-8-19-9-6-7-11-23(19)33-17-25(32)26-21/h4-7,9,11,15,20-21H,3,8,10,12-14,16-17H2,1-2H3,(H,26,32)(H,27,31)/b5-4+/t20-,21+/m0/s1. The molecule has 0 unspecified atom stereocenters. The lowest BCUT2D eigenvalue weighted by Gasteiger charge is -2.38. The van der Waals surface area contributed by atoms with Crippen molar-refractivity contribution in [3.63, 3.8) is 0 Å². The molecular weight excluding hydrogens is 418 g/mol. The topological polar surface area (TPSA) is 88.5 Å². The molecule has 0 spiro atoms. The number of aromatic nitrogens is 2.